The fourth-order valence-corrected chi connectivity index (χ4v) is 5.28. The van der Waals surface area contributed by atoms with Crippen LogP contribution in [-0.4, -0.2) is 46.9 Å². The summed E-state index contributed by atoms with van der Waals surface area (Å²) < 4.78 is 10.8. The number of rotatable bonds is 7. The third kappa shape index (κ3) is 4.40. The summed E-state index contributed by atoms with van der Waals surface area (Å²) in [5.74, 6) is 1.30. The van der Waals surface area contributed by atoms with Crippen molar-refractivity contribution in [3.05, 3.63) is 93.1 Å². The first-order valence-corrected chi connectivity index (χ1v) is 12.4. The third-order valence-corrected chi connectivity index (χ3v) is 7.05. The minimum absolute atomic E-state index is 0.150. The molecule has 0 saturated carbocycles. The number of aromatic amines is 1. The summed E-state index contributed by atoms with van der Waals surface area (Å²) >= 11 is 6.37. The second kappa shape index (κ2) is 9.82. The smallest absolute Gasteiger partial charge is 0.273 e. The van der Waals surface area contributed by atoms with E-state index in [-0.39, 0.29) is 11.7 Å². The lowest BCUT2D eigenvalue weighted by molar-refractivity contribution is 0.0746. The molecule has 1 aromatic heterocycles. The molecular formula is C29H28ClN3O4. The minimum atomic E-state index is -0.421. The van der Waals surface area contributed by atoms with Gasteiger partial charge in [0.1, 0.15) is 17.1 Å². The Balaban J connectivity index is 1.57. The number of phenols is 1. The fourth-order valence-electron chi connectivity index (χ4n) is 5.08. The number of ether oxygens (including phenoxy) is 2. The Morgan fingerprint density at radius 3 is 2.57 bits per heavy atom. The normalized spacial score (nSPS) is 14.7. The number of aryl methyl sites for hydroxylation is 2. The number of halogens is 1. The van der Waals surface area contributed by atoms with E-state index in [0.29, 0.717) is 46.4 Å². The van der Waals surface area contributed by atoms with E-state index in [1.807, 2.05) is 73.3 Å². The number of H-pyrrole nitrogens is 1. The maximum Gasteiger partial charge on any atom is 0.273 e. The SMILES string of the molecule is COc1ccc(CCN2C(=O)c3[nH]nc(-c4cc(C)cc(C)c4O)c3[C@@H]2c2cccc(Cl)c2)cc1OC. The molecule has 0 fully saturated rings. The number of fused-ring (bicyclic) bond motifs is 1. The Hall–Kier alpha value is -3.97. The monoisotopic (exact) mass is 517 g/mol. The summed E-state index contributed by atoms with van der Waals surface area (Å²) in [5, 5.41) is 18.9. The van der Waals surface area contributed by atoms with Gasteiger partial charge >= 0.3 is 0 Å². The molecule has 0 unspecified atom stereocenters. The molecule has 2 N–H and O–H groups in total. The molecule has 7 nitrogen and oxygen atoms in total. The lowest BCUT2D eigenvalue weighted by atomic mass is 9.94. The lowest BCUT2D eigenvalue weighted by Gasteiger charge is -2.27. The number of phenolic OH excluding ortho intramolecular Hbond substituents is 1. The number of carbonyl (C=O) groups is 1. The van der Waals surface area contributed by atoms with Crippen LogP contribution >= 0.6 is 11.6 Å². The molecule has 190 valence electrons. The van der Waals surface area contributed by atoms with Crippen LogP contribution < -0.4 is 9.47 Å². The molecule has 37 heavy (non-hydrogen) atoms. The van der Waals surface area contributed by atoms with Crippen LogP contribution in [0.5, 0.6) is 17.2 Å². The molecule has 3 aromatic carbocycles. The number of methoxy groups -OCH3 is 2. The van der Waals surface area contributed by atoms with E-state index < -0.39 is 6.04 Å². The van der Waals surface area contributed by atoms with Gasteiger partial charge in [0, 0.05) is 22.7 Å². The maximum atomic E-state index is 13.7. The molecule has 1 amide bonds. The first-order valence-electron chi connectivity index (χ1n) is 12.0. The van der Waals surface area contributed by atoms with Crippen LogP contribution in [0.15, 0.2) is 54.6 Å². The van der Waals surface area contributed by atoms with Crippen LogP contribution in [0.1, 0.15) is 44.3 Å². The Morgan fingerprint density at radius 2 is 1.84 bits per heavy atom. The number of nitrogens with one attached hydrogen (secondary N) is 1. The quantitative estimate of drug-likeness (QED) is 0.321. The molecule has 4 aromatic rings. The van der Waals surface area contributed by atoms with Gasteiger partial charge in [0.2, 0.25) is 0 Å². The topological polar surface area (TPSA) is 87.7 Å². The zero-order chi connectivity index (χ0) is 26.3. The van der Waals surface area contributed by atoms with Crippen LogP contribution in [0.2, 0.25) is 5.02 Å². The number of nitrogens with zero attached hydrogens (tertiary/aromatic N) is 2. The van der Waals surface area contributed by atoms with Gasteiger partial charge in [0.05, 0.1) is 20.3 Å². The van der Waals surface area contributed by atoms with Gasteiger partial charge in [-0.3, -0.25) is 9.89 Å². The van der Waals surface area contributed by atoms with Crippen molar-refractivity contribution in [1.82, 2.24) is 15.1 Å². The summed E-state index contributed by atoms with van der Waals surface area (Å²) in [6.45, 7) is 4.28. The Bertz CT molecular complexity index is 1500. The van der Waals surface area contributed by atoms with Gasteiger partial charge in [0.15, 0.2) is 11.5 Å². The van der Waals surface area contributed by atoms with Gasteiger partial charge in [-0.25, -0.2) is 0 Å². The van der Waals surface area contributed by atoms with Gasteiger partial charge in [-0.05, 0) is 72.9 Å². The minimum Gasteiger partial charge on any atom is -0.507 e. The predicted octanol–water partition coefficient (Wildman–Crippen LogP) is 5.86. The van der Waals surface area contributed by atoms with E-state index in [9.17, 15) is 9.90 Å². The highest BCUT2D eigenvalue weighted by atomic mass is 35.5. The van der Waals surface area contributed by atoms with Gasteiger partial charge in [-0.2, -0.15) is 5.10 Å². The molecule has 0 aliphatic carbocycles. The molecule has 8 heteroatoms. The summed E-state index contributed by atoms with van der Waals surface area (Å²) in [5.41, 5.74) is 5.94. The molecule has 0 bridgehead atoms. The largest absolute Gasteiger partial charge is 0.507 e. The summed E-state index contributed by atoms with van der Waals surface area (Å²) in [6, 6.07) is 16.7. The highest BCUT2D eigenvalue weighted by Gasteiger charge is 2.42. The maximum absolute atomic E-state index is 13.7. The number of benzene rings is 3. The van der Waals surface area contributed by atoms with Crippen LogP contribution in [0.25, 0.3) is 11.3 Å². The Kier molecular flexibility index (Phi) is 6.56. The zero-order valence-electron chi connectivity index (χ0n) is 21.1. The highest BCUT2D eigenvalue weighted by molar-refractivity contribution is 6.30. The zero-order valence-corrected chi connectivity index (χ0v) is 21.9. The molecule has 0 radical (unpaired) electrons. The van der Waals surface area contributed by atoms with E-state index in [1.54, 1.807) is 14.2 Å². The molecule has 0 spiro atoms. The number of amides is 1. The first-order chi connectivity index (χ1) is 17.8. The summed E-state index contributed by atoms with van der Waals surface area (Å²) in [7, 11) is 3.20. The molecule has 2 heterocycles. The van der Waals surface area contributed by atoms with Crippen molar-refractivity contribution < 1.29 is 19.4 Å². The first kappa shape index (κ1) is 24.7. The van der Waals surface area contributed by atoms with E-state index in [1.165, 1.54) is 0 Å². The molecule has 1 aliphatic rings. The number of aromatic hydroxyl groups is 1. The molecule has 1 atom stereocenters. The van der Waals surface area contributed by atoms with E-state index in [0.717, 1.165) is 27.8 Å². The van der Waals surface area contributed by atoms with Crippen LogP contribution in [-0.2, 0) is 6.42 Å². The summed E-state index contributed by atoms with van der Waals surface area (Å²) in [4.78, 5) is 15.5. The van der Waals surface area contributed by atoms with Crippen molar-refractivity contribution in [2.75, 3.05) is 20.8 Å². The van der Waals surface area contributed by atoms with Crippen LogP contribution in [0.3, 0.4) is 0 Å². The molecule has 1 aliphatic heterocycles. The van der Waals surface area contributed by atoms with Crippen LogP contribution in [0, 0.1) is 13.8 Å². The van der Waals surface area contributed by atoms with Crippen molar-refractivity contribution in [3.63, 3.8) is 0 Å². The van der Waals surface area contributed by atoms with Crippen molar-refractivity contribution in [3.8, 4) is 28.5 Å². The second-order valence-corrected chi connectivity index (χ2v) is 9.67. The van der Waals surface area contributed by atoms with Crippen LogP contribution in [0.4, 0.5) is 0 Å². The van der Waals surface area contributed by atoms with Crippen molar-refractivity contribution >= 4 is 17.5 Å². The van der Waals surface area contributed by atoms with Crippen molar-refractivity contribution in [2.45, 2.75) is 26.3 Å². The lowest BCUT2D eigenvalue weighted by Crippen LogP contribution is -2.31. The molecule has 5 rings (SSSR count). The van der Waals surface area contributed by atoms with E-state index in [4.69, 9.17) is 21.1 Å². The Morgan fingerprint density at radius 1 is 1.05 bits per heavy atom. The Labute approximate surface area is 220 Å². The average molecular weight is 518 g/mol. The van der Waals surface area contributed by atoms with Gasteiger partial charge < -0.3 is 19.5 Å². The summed E-state index contributed by atoms with van der Waals surface area (Å²) in [6.07, 6.45) is 0.602. The van der Waals surface area contributed by atoms with Gasteiger partial charge in [0.25, 0.3) is 5.91 Å². The number of hydrogen-bond acceptors (Lipinski definition) is 5. The van der Waals surface area contributed by atoms with Crippen molar-refractivity contribution in [2.24, 2.45) is 0 Å². The molecule has 0 saturated heterocycles. The number of carbonyl (C=O) groups excluding carboxylic acids is 1. The number of hydrogen-bond donors (Lipinski definition) is 2. The predicted molar refractivity (Wildman–Crippen MR) is 143 cm³/mol. The number of aromatic nitrogens is 2. The van der Waals surface area contributed by atoms with E-state index >= 15 is 0 Å². The average Bonchev–Trinajstić information content (AvgIpc) is 3.43. The molecular weight excluding hydrogens is 490 g/mol. The third-order valence-electron chi connectivity index (χ3n) is 6.82. The van der Waals surface area contributed by atoms with E-state index in [2.05, 4.69) is 10.2 Å². The van der Waals surface area contributed by atoms with Crippen molar-refractivity contribution in [1.29, 1.82) is 0 Å². The second-order valence-electron chi connectivity index (χ2n) is 9.23. The highest BCUT2D eigenvalue weighted by Crippen LogP contribution is 2.45. The van der Waals surface area contributed by atoms with Gasteiger partial charge in [-0.1, -0.05) is 35.9 Å². The standard InChI is InChI=1S/C29H28ClN3O4/c1-16-12-17(2)28(34)21(13-16)25-24-26(32-31-25)29(35)33(27(24)19-6-5-7-20(30)15-19)11-10-18-8-9-22(36-3)23(14-18)37-4/h5-9,12-15,27,34H,10-11H2,1-4H3,(H,31,32)/t27-/m0/s1. The van der Waals surface area contributed by atoms with Gasteiger partial charge in [-0.15, -0.1) is 0 Å². The fraction of sp³-hybridized carbons (Fsp3) is 0.241.